The van der Waals surface area contributed by atoms with Gasteiger partial charge in [-0.3, -0.25) is 0 Å². The van der Waals surface area contributed by atoms with Crippen molar-refractivity contribution in [1.29, 1.82) is 0 Å². The predicted molar refractivity (Wildman–Crippen MR) is 88.3 cm³/mol. The molecule has 0 aliphatic carbocycles. The van der Waals surface area contributed by atoms with E-state index in [1.165, 1.54) is 5.57 Å². The van der Waals surface area contributed by atoms with Gasteiger partial charge in [-0.2, -0.15) is 0 Å². The van der Waals surface area contributed by atoms with Crippen LogP contribution in [-0.2, 0) is 4.74 Å². The van der Waals surface area contributed by atoms with E-state index in [1.807, 2.05) is 12.1 Å². The molecule has 1 aromatic rings. The van der Waals surface area contributed by atoms with Gasteiger partial charge < -0.3 is 14.8 Å². The normalized spacial score (nSPS) is 11.7. The summed E-state index contributed by atoms with van der Waals surface area (Å²) in [6, 6.07) is 6.11. The molecule has 1 aromatic carbocycles. The highest BCUT2D eigenvalue weighted by atomic mass is 79.9. The molecule has 0 bridgehead atoms. The molecule has 0 aromatic heterocycles. The van der Waals surface area contributed by atoms with Crippen LogP contribution in [0.2, 0.25) is 0 Å². The van der Waals surface area contributed by atoms with Crippen LogP contribution >= 0.6 is 15.9 Å². The summed E-state index contributed by atoms with van der Waals surface area (Å²) in [7, 11) is 1.71. The average molecular weight is 342 g/mol. The first kappa shape index (κ1) is 17.2. The molecule has 0 spiro atoms. The first-order valence-electron chi connectivity index (χ1n) is 6.96. The van der Waals surface area contributed by atoms with Gasteiger partial charge in [0.2, 0.25) is 0 Å². The van der Waals surface area contributed by atoms with Crippen LogP contribution in [0.4, 0.5) is 0 Å². The van der Waals surface area contributed by atoms with Gasteiger partial charge in [0.25, 0.3) is 0 Å². The fraction of sp³-hybridized carbons (Fsp3) is 0.500. The van der Waals surface area contributed by atoms with E-state index in [-0.39, 0.29) is 0 Å². The molecule has 20 heavy (non-hydrogen) atoms. The van der Waals surface area contributed by atoms with Crippen molar-refractivity contribution in [3.63, 3.8) is 0 Å². The number of methoxy groups -OCH3 is 1. The van der Waals surface area contributed by atoms with E-state index in [4.69, 9.17) is 9.47 Å². The van der Waals surface area contributed by atoms with Crippen LogP contribution in [0.15, 0.2) is 28.2 Å². The molecule has 3 nitrogen and oxygen atoms in total. The maximum atomic E-state index is 5.78. The Morgan fingerprint density at radius 3 is 2.85 bits per heavy atom. The zero-order valence-corrected chi connectivity index (χ0v) is 14.1. The van der Waals surface area contributed by atoms with Crippen molar-refractivity contribution in [3.05, 3.63) is 33.8 Å². The average Bonchev–Trinajstić information content (AvgIpc) is 2.43. The van der Waals surface area contributed by atoms with Gasteiger partial charge in [-0.25, -0.2) is 0 Å². The first-order valence-corrected chi connectivity index (χ1v) is 7.75. The lowest BCUT2D eigenvalue weighted by atomic mass is 10.1. The van der Waals surface area contributed by atoms with E-state index in [1.54, 1.807) is 7.11 Å². The van der Waals surface area contributed by atoms with Crippen molar-refractivity contribution in [2.75, 3.05) is 33.4 Å². The van der Waals surface area contributed by atoms with Crippen LogP contribution in [0.3, 0.4) is 0 Å². The summed E-state index contributed by atoms with van der Waals surface area (Å²) >= 11 is 3.51. The van der Waals surface area contributed by atoms with Crippen LogP contribution in [-0.4, -0.2) is 33.4 Å². The third kappa shape index (κ3) is 6.55. The minimum Gasteiger partial charge on any atom is -0.493 e. The Morgan fingerprint density at radius 2 is 2.15 bits per heavy atom. The molecule has 0 amide bonds. The molecule has 1 N–H and O–H groups in total. The lowest BCUT2D eigenvalue weighted by Gasteiger charge is -2.10. The topological polar surface area (TPSA) is 30.5 Å². The van der Waals surface area contributed by atoms with E-state index in [0.29, 0.717) is 0 Å². The third-order valence-corrected chi connectivity index (χ3v) is 3.22. The van der Waals surface area contributed by atoms with Crippen molar-refractivity contribution in [3.8, 4) is 5.75 Å². The van der Waals surface area contributed by atoms with Crippen LogP contribution in [0, 0.1) is 0 Å². The summed E-state index contributed by atoms with van der Waals surface area (Å²) in [6.07, 6.45) is 3.17. The fourth-order valence-electron chi connectivity index (χ4n) is 1.75. The highest BCUT2D eigenvalue weighted by Crippen LogP contribution is 2.25. The summed E-state index contributed by atoms with van der Waals surface area (Å²) in [5, 5.41) is 3.34. The maximum absolute atomic E-state index is 5.78. The molecule has 0 atom stereocenters. The van der Waals surface area contributed by atoms with Crippen LogP contribution in [0.1, 0.15) is 25.8 Å². The standard InChI is InChI=1S/C16H24BrNO2/c1-4-8-20-16-6-5-15(17)11-14(16)10-13(2)12-18-7-9-19-3/h5-6,10-11,18H,4,7-9,12H2,1-3H3. The van der Waals surface area contributed by atoms with Gasteiger partial charge in [0.1, 0.15) is 5.75 Å². The molecule has 4 heteroatoms. The summed E-state index contributed by atoms with van der Waals surface area (Å²) in [5.41, 5.74) is 2.37. The molecule has 0 aliphatic rings. The minimum atomic E-state index is 0.731. The second kappa shape index (κ2) is 9.97. The van der Waals surface area contributed by atoms with Gasteiger partial charge in [0.15, 0.2) is 0 Å². The Balaban J connectivity index is 2.69. The molecule has 0 fully saturated rings. The molecule has 0 aliphatic heterocycles. The smallest absolute Gasteiger partial charge is 0.126 e. The van der Waals surface area contributed by atoms with E-state index in [9.17, 15) is 0 Å². The second-order valence-electron chi connectivity index (χ2n) is 4.69. The van der Waals surface area contributed by atoms with E-state index in [2.05, 4.69) is 47.2 Å². The second-order valence-corrected chi connectivity index (χ2v) is 5.61. The van der Waals surface area contributed by atoms with E-state index < -0.39 is 0 Å². The van der Waals surface area contributed by atoms with Crippen molar-refractivity contribution < 1.29 is 9.47 Å². The Kier molecular flexibility index (Phi) is 8.58. The van der Waals surface area contributed by atoms with Crippen molar-refractivity contribution >= 4 is 22.0 Å². The molecule has 0 saturated heterocycles. The highest BCUT2D eigenvalue weighted by molar-refractivity contribution is 9.10. The van der Waals surface area contributed by atoms with Crippen LogP contribution in [0.25, 0.3) is 6.08 Å². The largest absolute Gasteiger partial charge is 0.493 e. The third-order valence-electron chi connectivity index (χ3n) is 2.72. The van der Waals surface area contributed by atoms with Crippen molar-refractivity contribution in [1.82, 2.24) is 5.32 Å². The Labute approximate surface area is 130 Å². The number of hydrogen-bond donors (Lipinski definition) is 1. The SMILES string of the molecule is CCCOc1ccc(Br)cc1C=C(C)CNCCOC. The van der Waals surface area contributed by atoms with Gasteiger partial charge in [-0.05, 0) is 31.5 Å². The van der Waals surface area contributed by atoms with E-state index in [0.717, 1.165) is 48.5 Å². The minimum absolute atomic E-state index is 0.731. The lowest BCUT2D eigenvalue weighted by Crippen LogP contribution is -2.20. The quantitative estimate of drug-likeness (QED) is 0.691. The van der Waals surface area contributed by atoms with Crippen LogP contribution in [0.5, 0.6) is 5.75 Å². The molecule has 0 saturated carbocycles. The number of ether oxygens (including phenoxy) is 2. The Bertz CT molecular complexity index is 432. The summed E-state index contributed by atoms with van der Waals surface area (Å²) in [6.45, 7) is 7.41. The summed E-state index contributed by atoms with van der Waals surface area (Å²) in [4.78, 5) is 0. The molecule has 1 rings (SSSR count). The van der Waals surface area contributed by atoms with Crippen LogP contribution < -0.4 is 10.1 Å². The van der Waals surface area contributed by atoms with Crippen molar-refractivity contribution in [2.45, 2.75) is 20.3 Å². The first-order chi connectivity index (χ1) is 9.67. The van der Waals surface area contributed by atoms with Gasteiger partial charge in [-0.15, -0.1) is 0 Å². The summed E-state index contributed by atoms with van der Waals surface area (Å²) in [5.74, 6) is 0.936. The number of hydrogen-bond acceptors (Lipinski definition) is 3. The molecular weight excluding hydrogens is 318 g/mol. The summed E-state index contributed by atoms with van der Waals surface area (Å²) < 4.78 is 11.9. The number of halogens is 1. The van der Waals surface area contributed by atoms with Gasteiger partial charge in [-0.1, -0.05) is 34.5 Å². The molecular formula is C16H24BrNO2. The maximum Gasteiger partial charge on any atom is 0.126 e. The predicted octanol–water partition coefficient (Wildman–Crippen LogP) is 3.88. The molecule has 0 heterocycles. The Morgan fingerprint density at radius 1 is 1.35 bits per heavy atom. The zero-order chi connectivity index (χ0) is 14.8. The van der Waals surface area contributed by atoms with E-state index >= 15 is 0 Å². The van der Waals surface area contributed by atoms with Crippen molar-refractivity contribution in [2.24, 2.45) is 0 Å². The van der Waals surface area contributed by atoms with Gasteiger partial charge >= 0.3 is 0 Å². The Hall–Kier alpha value is -0.840. The number of benzene rings is 1. The number of rotatable bonds is 9. The lowest BCUT2D eigenvalue weighted by molar-refractivity contribution is 0.200. The number of nitrogens with one attached hydrogen (secondary N) is 1. The van der Waals surface area contributed by atoms with Gasteiger partial charge in [0, 0.05) is 30.2 Å². The highest BCUT2D eigenvalue weighted by Gasteiger charge is 2.03. The van der Waals surface area contributed by atoms with Gasteiger partial charge in [0.05, 0.1) is 13.2 Å². The molecule has 0 unspecified atom stereocenters. The zero-order valence-electron chi connectivity index (χ0n) is 12.5. The molecule has 0 radical (unpaired) electrons. The molecule has 112 valence electrons. The monoisotopic (exact) mass is 341 g/mol. The fourth-order valence-corrected chi connectivity index (χ4v) is 2.13.